The minimum absolute atomic E-state index is 0.0292. The number of amides is 2. The number of carbonyl (C=O) groups excluding carboxylic acids is 2. The van der Waals surface area contributed by atoms with Crippen molar-refractivity contribution in [3.63, 3.8) is 0 Å². The Morgan fingerprint density at radius 3 is 2.48 bits per heavy atom. The van der Waals surface area contributed by atoms with Crippen LogP contribution in [0.3, 0.4) is 0 Å². The monoisotopic (exact) mass is 413 g/mol. The maximum Gasteiger partial charge on any atom is 0.257 e. The third-order valence-corrected chi connectivity index (χ3v) is 4.40. The number of hydrogen-bond donors (Lipinski definition) is 3. The Morgan fingerprint density at radius 2 is 1.72 bits per heavy atom. The van der Waals surface area contributed by atoms with Crippen molar-refractivity contribution in [2.45, 2.75) is 26.2 Å². The highest BCUT2D eigenvalue weighted by Crippen LogP contribution is 2.30. The molecule has 29 heavy (non-hydrogen) atoms. The SMILES string of the molecule is CCCCC(=O)Nc1cccc(NC(=S)NC(=O)c2ccc3c(c2)OCCO3)c1. The molecular weight excluding hydrogens is 390 g/mol. The molecule has 0 saturated heterocycles. The number of benzene rings is 2. The molecule has 0 fully saturated rings. The molecule has 2 aromatic carbocycles. The molecule has 0 atom stereocenters. The Bertz CT molecular complexity index is 917. The Morgan fingerprint density at radius 1 is 1.00 bits per heavy atom. The number of ether oxygens (including phenoxy) is 2. The van der Waals surface area contributed by atoms with Gasteiger partial charge in [-0.1, -0.05) is 19.4 Å². The van der Waals surface area contributed by atoms with Gasteiger partial charge >= 0.3 is 0 Å². The van der Waals surface area contributed by atoms with Crippen LogP contribution < -0.4 is 25.4 Å². The lowest BCUT2D eigenvalue weighted by atomic mass is 10.2. The lowest BCUT2D eigenvalue weighted by Gasteiger charge is -2.18. The van der Waals surface area contributed by atoms with Crippen molar-refractivity contribution in [1.82, 2.24) is 5.32 Å². The zero-order valence-corrected chi connectivity index (χ0v) is 16.9. The molecule has 0 saturated carbocycles. The van der Waals surface area contributed by atoms with Crippen LogP contribution in [0, 0.1) is 0 Å². The van der Waals surface area contributed by atoms with Gasteiger partial charge in [0, 0.05) is 23.4 Å². The fourth-order valence-electron chi connectivity index (χ4n) is 2.76. The molecular formula is C21H23N3O4S. The standard InChI is InChI=1S/C21H23N3O4S/c1-2-3-7-19(25)22-15-5-4-6-16(13-15)23-21(29)24-20(26)14-8-9-17-18(12-14)28-11-10-27-17/h4-6,8-9,12-13H,2-3,7,10-11H2,1H3,(H,22,25)(H2,23,24,26,29). The van der Waals surface area contributed by atoms with Crippen LogP contribution in [0.1, 0.15) is 36.5 Å². The second kappa shape index (κ2) is 9.88. The fourth-order valence-corrected chi connectivity index (χ4v) is 2.97. The first-order chi connectivity index (χ1) is 14.0. The Labute approximate surface area is 174 Å². The van der Waals surface area contributed by atoms with Gasteiger partial charge < -0.3 is 20.1 Å². The van der Waals surface area contributed by atoms with Gasteiger partial charge in [-0.3, -0.25) is 14.9 Å². The maximum absolute atomic E-state index is 12.5. The minimum atomic E-state index is -0.358. The molecule has 0 unspecified atom stereocenters. The molecule has 1 aliphatic heterocycles. The molecule has 152 valence electrons. The zero-order chi connectivity index (χ0) is 20.6. The second-order valence-corrected chi connectivity index (χ2v) is 6.91. The number of nitrogens with one attached hydrogen (secondary N) is 3. The first-order valence-corrected chi connectivity index (χ1v) is 9.88. The third-order valence-electron chi connectivity index (χ3n) is 4.19. The van der Waals surface area contributed by atoms with Crippen molar-refractivity contribution in [3.05, 3.63) is 48.0 Å². The van der Waals surface area contributed by atoms with E-state index < -0.39 is 0 Å². The van der Waals surface area contributed by atoms with Crippen molar-refractivity contribution < 1.29 is 19.1 Å². The molecule has 2 amide bonds. The summed E-state index contributed by atoms with van der Waals surface area (Å²) >= 11 is 5.24. The van der Waals surface area contributed by atoms with Crippen LogP contribution in [-0.2, 0) is 4.79 Å². The molecule has 2 aromatic rings. The topological polar surface area (TPSA) is 88.7 Å². The lowest BCUT2D eigenvalue weighted by molar-refractivity contribution is -0.116. The second-order valence-electron chi connectivity index (χ2n) is 6.50. The summed E-state index contributed by atoms with van der Waals surface area (Å²) in [5.41, 5.74) is 1.73. The number of unbranched alkanes of at least 4 members (excludes halogenated alkanes) is 1. The first kappa shape index (κ1) is 20.6. The van der Waals surface area contributed by atoms with Crippen LogP contribution >= 0.6 is 12.2 Å². The van der Waals surface area contributed by atoms with E-state index in [1.165, 1.54) is 0 Å². The number of thiocarbonyl (C=S) groups is 1. The Kier molecular flexibility index (Phi) is 7.02. The fraction of sp³-hybridized carbons (Fsp3) is 0.286. The molecule has 8 heteroatoms. The van der Waals surface area contributed by atoms with Crippen LogP contribution in [0.25, 0.3) is 0 Å². The largest absolute Gasteiger partial charge is 0.486 e. The predicted octanol–water partition coefficient (Wildman–Crippen LogP) is 3.71. The van der Waals surface area contributed by atoms with Crippen molar-refractivity contribution >= 4 is 40.5 Å². The van der Waals surface area contributed by atoms with Crippen LogP contribution in [0.5, 0.6) is 11.5 Å². The van der Waals surface area contributed by atoms with E-state index in [0.717, 1.165) is 12.8 Å². The normalized spacial score (nSPS) is 12.0. The number of fused-ring (bicyclic) bond motifs is 1. The average Bonchev–Trinajstić information content (AvgIpc) is 2.72. The molecule has 0 spiro atoms. The van der Waals surface area contributed by atoms with Crippen LogP contribution in [-0.4, -0.2) is 30.1 Å². The van der Waals surface area contributed by atoms with Gasteiger partial charge in [-0.25, -0.2) is 0 Å². The van der Waals surface area contributed by atoms with E-state index in [9.17, 15) is 9.59 Å². The van der Waals surface area contributed by atoms with Crippen molar-refractivity contribution in [1.29, 1.82) is 0 Å². The van der Waals surface area contributed by atoms with Gasteiger partial charge in [0.2, 0.25) is 5.91 Å². The predicted molar refractivity (Wildman–Crippen MR) is 116 cm³/mol. The number of carbonyl (C=O) groups is 2. The minimum Gasteiger partial charge on any atom is -0.486 e. The van der Waals surface area contributed by atoms with Crippen molar-refractivity contribution in [2.24, 2.45) is 0 Å². The molecule has 1 heterocycles. The summed E-state index contributed by atoms with van der Waals surface area (Å²) in [5.74, 6) is 0.766. The van der Waals surface area contributed by atoms with E-state index in [1.807, 2.05) is 6.92 Å². The zero-order valence-electron chi connectivity index (χ0n) is 16.1. The van der Waals surface area contributed by atoms with Gasteiger partial charge in [-0.05, 0) is 55.0 Å². The van der Waals surface area contributed by atoms with E-state index in [-0.39, 0.29) is 16.9 Å². The summed E-state index contributed by atoms with van der Waals surface area (Å²) in [6.45, 7) is 2.98. The van der Waals surface area contributed by atoms with Gasteiger partial charge in [0.1, 0.15) is 13.2 Å². The smallest absolute Gasteiger partial charge is 0.257 e. The number of anilines is 2. The Hall–Kier alpha value is -3.13. The summed E-state index contributed by atoms with van der Waals surface area (Å²) in [6, 6.07) is 12.1. The summed E-state index contributed by atoms with van der Waals surface area (Å²) in [5, 5.41) is 8.59. The summed E-state index contributed by atoms with van der Waals surface area (Å²) in [6.07, 6.45) is 2.30. The van der Waals surface area contributed by atoms with E-state index >= 15 is 0 Å². The molecule has 3 rings (SSSR count). The summed E-state index contributed by atoms with van der Waals surface area (Å²) in [7, 11) is 0. The third kappa shape index (κ3) is 5.92. The summed E-state index contributed by atoms with van der Waals surface area (Å²) < 4.78 is 10.9. The molecule has 1 aliphatic rings. The maximum atomic E-state index is 12.5. The van der Waals surface area contributed by atoms with Gasteiger partial charge in [0.15, 0.2) is 16.6 Å². The van der Waals surface area contributed by atoms with Crippen LogP contribution in [0.2, 0.25) is 0 Å². The van der Waals surface area contributed by atoms with E-state index in [2.05, 4.69) is 16.0 Å². The van der Waals surface area contributed by atoms with Crippen LogP contribution in [0.15, 0.2) is 42.5 Å². The molecule has 7 nitrogen and oxygen atoms in total. The Balaban J connectivity index is 1.57. The van der Waals surface area contributed by atoms with Gasteiger partial charge in [0.05, 0.1) is 0 Å². The van der Waals surface area contributed by atoms with E-state index in [4.69, 9.17) is 21.7 Å². The molecule has 0 bridgehead atoms. The summed E-state index contributed by atoms with van der Waals surface area (Å²) in [4.78, 5) is 24.3. The number of rotatable bonds is 6. The molecule has 0 radical (unpaired) electrons. The lowest BCUT2D eigenvalue weighted by Crippen LogP contribution is -2.34. The van der Waals surface area contributed by atoms with Crippen LogP contribution in [0.4, 0.5) is 11.4 Å². The highest BCUT2D eigenvalue weighted by atomic mass is 32.1. The van der Waals surface area contributed by atoms with E-state index in [0.29, 0.717) is 48.1 Å². The average molecular weight is 413 g/mol. The van der Waals surface area contributed by atoms with E-state index in [1.54, 1.807) is 42.5 Å². The van der Waals surface area contributed by atoms with Gasteiger partial charge in [-0.2, -0.15) is 0 Å². The number of hydrogen-bond acceptors (Lipinski definition) is 5. The molecule has 0 aliphatic carbocycles. The molecule has 3 N–H and O–H groups in total. The van der Waals surface area contributed by atoms with Crippen molar-refractivity contribution in [2.75, 3.05) is 23.8 Å². The van der Waals surface area contributed by atoms with Crippen molar-refractivity contribution in [3.8, 4) is 11.5 Å². The van der Waals surface area contributed by atoms with Gasteiger partial charge in [-0.15, -0.1) is 0 Å². The first-order valence-electron chi connectivity index (χ1n) is 9.47. The molecule has 0 aromatic heterocycles. The highest BCUT2D eigenvalue weighted by molar-refractivity contribution is 7.80. The quantitative estimate of drug-likeness (QED) is 0.626. The highest BCUT2D eigenvalue weighted by Gasteiger charge is 2.15. The van der Waals surface area contributed by atoms with Gasteiger partial charge in [0.25, 0.3) is 5.91 Å².